The number of ether oxygens (including phenoxy) is 1. The lowest BCUT2D eigenvalue weighted by molar-refractivity contribution is -0.137. The Morgan fingerprint density at radius 1 is 0.949 bits per heavy atom. The van der Waals surface area contributed by atoms with Crippen molar-refractivity contribution in [3.8, 4) is 11.5 Å². The van der Waals surface area contributed by atoms with Gasteiger partial charge >= 0.3 is 6.18 Å². The fourth-order valence-corrected chi connectivity index (χ4v) is 5.50. The average Bonchev–Trinajstić information content (AvgIpc) is 2.87. The maximum atomic E-state index is 13.5. The molecule has 0 amide bonds. The van der Waals surface area contributed by atoms with Crippen molar-refractivity contribution >= 4 is 23.2 Å². The summed E-state index contributed by atoms with van der Waals surface area (Å²) in [6.45, 7) is 1.08. The van der Waals surface area contributed by atoms with Gasteiger partial charge in [-0.3, -0.25) is 14.4 Å². The van der Waals surface area contributed by atoms with Gasteiger partial charge in [0.15, 0.2) is 23.1 Å². The molecule has 0 atom stereocenters. The summed E-state index contributed by atoms with van der Waals surface area (Å²) in [4.78, 5) is 37.4. The quantitative estimate of drug-likeness (QED) is 0.480. The first kappa shape index (κ1) is 27.9. The highest BCUT2D eigenvalue weighted by Crippen LogP contribution is 2.53. The van der Waals surface area contributed by atoms with Crippen molar-refractivity contribution in [2.75, 3.05) is 12.0 Å². The number of carbonyl (C=O) groups is 3. The predicted molar refractivity (Wildman–Crippen MR) is 136 cm³/mol. The van der Waals surface area contributed by atoms with Gasteiger partial charge in [0.05, 0.1) is 12.7 Å². The number of ketones is 2. The molecule has 0 radical (unpaired) electrons. The molecule has 0 unspecified atom stereocenters. The molecule has 2 N–H and O–H groups in total. The van der Waals surface area contributed by atoms with E-state index in [4.69, 9.17) is 14.6 Å². The van der Waals surface area contributed by atoms with Crippen molar-refractivity contribution < 1.29 is 42.5 Å². The van der Waals surface area contributed by atoms with Gasteiger partial charge in [-0.2, -0.15) is 13.2 Å². The molecule has 0 bridgehead atoms. The molecular weight excluding hydrogens is 515 g/mol. The molecule has 7 nitrogen and oxygen atoms in total. The lowest BCUT2D eigenvalue weighted by atomic mass is 9.70. The fourth-order valence-electron chi connectivity index (χ4n) is 5.50. The van der Waals surface area contributed by atoms with Crippen molar-refractivity contribution in [3.63, 3.8) is 0 Å². The molecule has 0 saturated carbocycles. The van der Waals surface area contributed by atoms with Crippen molar-refractivity contribution in [1.82, 2.24) is 0 Å². The summed E-state index contributed by atoms with van der Waals surface area (Å²) in [6.07, 6.45) is -1.92. The number of carboxylic acids is 1. The number of phenolic OH excluding ortho intramolecular Hbond substituents is 1. The number of carboxylic acid groups (broad SMARTS) is 1. The number of phenols is 1. The van der Waals surface area contributed by atoms with Crippen LogP contribution in [0.25, 0.3) is 0 Å². The zero-order valence-electron chi connectivity index (χ0n) is 21.5. The van der Waals surface area contributed by atoms with E-state index in [1.807, 2.05) is 0 Å². The van der Waals surface area contributed by atoms with Gasteiger partial charge in [-0.1, -0.05) is 18.2 Å². The van der Waals surface area contributed by atoms with Gasteiger partial charge in [-0.15, -0.1) is 0 Å². The van der Waals surface area contributed by atoms with E-state index < -0.39 is 23.6 Å². The number of aliphatic carboxylic acids is 1. The van der Waals surface area contributed by atoms with Crippen LogP contribution in [0.2, 0.25) is 0 Å². The number of benzene rings is 2. The summed E-state index contributed by atoms with van der Waals surface area (Å²) in [5.41, 5.74) is 1.80. The molecule has 0 aromatic heterocycles. The van der Waals surface area contributed by atoms with Crippen LogP contribution in [0.3, 0.4) is 0 Å². The maximum Gasteiger partial charge on any atom is 0.416 e. The normalized spacial score (nSPS) is 17.8. The summed E-state index contributed by atoms with van der Waals surface area (Å²) in [6, 6.07) is 9.94. The van der Waals surface area contributed by atoms with Crippen LogP contribution in [0.5, 0.6) is 11.5 Å². The lowest BCUT2D eigenvalue weighted by Gasteiger charge is -2.44. The molecule has 10 heteroatoms. The Morgan fingerprint density at radius 2 is 1.49 bits per heavy atom. The van der Waals surface area contributed by atoms with Gasteiger partial charge in [0.25, 0.3) is 5.97 Å². The highest BCUT2D eigenvalue weighted by atomic mass is 19.4. The van der Waals surface area contributed by atoms with Gasteiger partial charge in [0, 0.05) is 59.5 Å². The van der Waals surface area contributed by atoms with E-state index in [-0.39, 0.29) is 41.6 Å². The first-order chi connectivity index (χ1) is 18.5. The third-order valence-corrected chi connectivity index (χ3v) is 6.97. The number of hydrogen-bond donors (Lipinski definition) is 2. The second-order valence-corrected chi connectivity index (χ2v) is 9.51. The Bertz CT molecular complexity index is 1340. The minimum absolute atomic E-state index is 0.150. The summed E-state index contributed by atoms with van der Waals surface area (Å²) in [7, 11) is 1.42. The largest absolute Gasteiger partial charge is 0.504 e. The number of halogens is 3. The van der Waals surface area contributed by atoms with Crippen LogP contribution in [0.4, 0.5) is 18.9 Å². The molecular formula is C29H28F3NO6. The van der Waals surface area contributed by atoms with Crippen molar-refractivity contribution in [2.24, 2.45) is 0 Å². The number of anilines is 1. The van der Waals surface area contributed by atoms with Gasteiger partial charge < -0.3 is 19.8 Å². The van der Waals surface area contributed by atoms with Crippen LogP contribution in [0, 0.1) is 0 Å². The van der Waals surface area contributed by atoms with E-state index in [2.05, 4.69) is 0 Å². The van der Waals surface area contributed by atoms with Crippen LogP contribution >= 0.6 is 0 Å². The van der Waals surface area contributed by atoms with Crippen LogP contribution < -0.4 is 9.64 Å². The van der Waals surface area contributed by atoms with E-state index in [0.717, 1.165) is 19.1 Å². The monoisotopic (exact) mass is 543 g/mol. The van der Waals surface area contributed by atoms with E-state index in [0.29, 0.717) is 53.8 Å². The topological polar surface area (TPSA) is 104 Å². The van der Waals surface area contributed by atoms with Crippen molar-refractivity contribution in [2.45, 2.75) is 57.5 Å². The molecule has 2 aliphatic carbocycles. The van der Waals surface area contributed by atoms with Gasteiger partial charge in [-0.25, -0.2) is 0 Å². The number of hydrogen-bond acceptors (Lipinski definition) is 6. The van der Waals surface area contributed by atoms with Crippen LogP contribution in [-0.2, 0) is 20.6 Å². The van der Waals surface area contributed by atoms with Crippen molar-refractivity contribution in [3.05, 3.63) is 76.1 Å². The molecule has 0 fully saturated rings. The van der Waals surface area contributed by atoms with Crippen LogP contribution in [0.15, 0.2) is 65.0 Å². The fraction of sp³-hybridized carbons (Fsp3) is 0.345. The Kier molecular flexibility index (Phi) is 7.85. The molecule has 2 aromatic rings. The lowest BCUT2D eigenvalue weighted by Crippen LogP contribution is -2.39. The first-order valence-corrected chi connectivity index (χ1v) is 12.5. The number of allylic oxidation sites excluding steroid dienone is 4. The zero-order valence-corrected chi connectivity index (χ0v) is 21.5. The van der Waals surface area contributed by atoms with E-state index in [1.165, 1.54) is 13.2 Å². The molecule has 1 aliphatic heterocycles. The SMILES string of the molecule is CC(=O)O.COc1cccc(C2C3=C(CCCC3=O)N(c3cccc(C(F)(F)F)c3)C3=C2C(=O)CCC3)c1O. The minimum atomic E-state index is -4.53. The molecule has 0 saturated heterocycles. The number of alkyl halides is 3. The van der Waals surface area contributed by atoms with E-state index in [9.17, 15) is 27.9 Å². The Balaban J connectivity index is 0.000000826. The highest BCUT2D eigenvalue weighted by Gasteiger charge is 2.45. The summed E-state index contributed by atoms with van der Waals surface area (Å²) in [5, 5.41) is 18.4. The molecule has 2 aromatic carbocycles. The maximum absolute atomic E-state index is 13.5. The Labute approximate surface area is 223 Å². The summed E-state index contributed by atoms with van der Waals surface area (Å²) in [5.74, 6) is -1.89. The first-order valence-electron chi connectivity index (χ1n) is 12.5. The second kappa shape index (κ2) is 11.0. The molecule has 206 valence electrons. The van der Waals surface area contributed by atoms with Gasteiger partial charge in [0.1, 0.15) is 0 Å². The highest BCUT2D eigenvalue weighted by molar-refractivity contribution is 6.08. The molecule has 3 aliphatic rings. The molecule has 5 rings (SSSR count). The molecule has 39 heavy (non-hydrogen) atoms. The van der Waals surface area contributed by atoms with Crippen LogP contribution in [-0.4, -0.2) is 34.9 Å². The number of carbonyl (C=O) groups excluding carboxylic acids is 2. The number of para-hydroxylation sites is 1. The third-order valence-electron chi connectivity index (χ3n) is 6.97. The number of nitrogens with zero attached hydrogens (tertiary/aromatic N) is 1. The van der Waals surface area contributed by atoms with Gasteiger partial charge in [0.2, 0.25) is 0 Å². The number of methoxy groups -OCH3 is 1. The number of Topliss-reactive ketones (excluding diaryl/α,β-unsaturated/α-hetero) is 2. The minimum Gasteiger partial charge on any atom is -0.504 e. The molecule has 1 heterocycles. The third kappa shape index (κ3) is 5.41. The van der Waals surface area contributed by atoms with Crippen LogP contribution in [0.1, 0.15) is 62.5 Å². The van der Waals surface area contributed by atoms with Gasteiger partial charge in [-0.05, 0) is 49.9 Å². The van der Waals surface area contributed by atoms with Crippen molar-refractivity contribution in [1.29, 1.82) is 0 Å². The average molecular weight is 544 g/mol. The predicted octanol–water partition coefficient (Wildman–Crippen LogP) is 6.13. The number of rotatable bonds is 3. The second-order valence-electron chi connectivity index (χ2n) is 9.51. The van der Waals surface area contributed by atoms with E-state index >= 15 is 0 Å². The number of aromatic hydroxyl groups is 1. The Hall–Kier alpha value is -4.08. The summed E-state index contributed by atoms with van der Waals surface area (Å²) < 4.78 is 45.9. The molecule has 0 spiro atoms. The Morgan fingerprint density at radius 3 is 2.00 bits per heavy atom. The standard InChI is InChI=1S/C27H24F3NO4.C2H4O2/c1-35-22-13-3-8-17(26(22)34)23-24-18(9-4-11-20(24)32)31(19-10-5-12-21(33)25(19)23)16-7-2-6-15(14-16)27(28,29)30;1-2(3)4/h2-3,6-8,13-14,23,34H,4-5,9-12H2,1H3;1H3,(H,3,4). The summed E-state index contributed by atoms with van der Waals surface area (Å²) >= 11 is 0. The van der Waals surface area contributed by atoms with E-state index in [1.54, 1.807) is 29.2 Å². The smallest absolute Gasteiger partial charge is 0.416 e. The zero-order chi connectivity index (χ0) is 28.5.